The Morgan fingerprint density at radius 1 is 1.37 bits per heavy atom. The molecule has 0 aliphatic carbocycles. The first kappa shape index (κ1) is 13.7. The van der Waals surface area contributed by atoms with Crippen molar-refractivity contribution in [2.45, 2.75) is 32.7 Å². The van der Waals surface area contributed by atoms with Gasteiger partial charge in [-0.25, -0.2) is 9.97 Å². The molecule has 2 aromatic rings. The maximum Gasteiger partial charge on any atom is 0.222 e. The van der Waals surface area contributed by atoms with Crippen molar-refractivity contribution >= 4 is 33.3 Å². The van der Waals surface area contributed by atoms with E-state index in [9.17, 15) is 4.79 Å². The average molecular weight is 278 g/mol. The summed E-state index contributed by atoms with van der Waals surface area (Å²) in [6.45, 7) is 6.47. The van der Waals surface area contributed by atoms with Gasteiger partial charge in [0.15, 0.2) is 0 Å². The molecule has 0 radical (unpaired) electrons. The number of amides is 1. The van der Waals surface area contributed by atoms with Crippen LogP contribution in [0.3, 0.4) is 0 Å². The summed E-state index contributed by atoms with van der Waals surface area (Å²) in [7, 11) is 0. The van der Waals surface area contributed by atoms with E-state index in [0.29, 0.717) is 13.0 Å². The molecule has 0 atom stereocenters. The van der Waals surface area contributed by atoms with E-state index in [1.807, 2.05) is 32.2 Å². The van der Waals surface area contributed by atoms with Crippen LogP contribution < -0.4 is 10.6 Å². The lowest BCUT2D eigenvalue weighted by atomic mass is 10.1. The number of thiophene rings is 1. The Labute approximate surface area is 116 Å². The summed E-state index contributed by atoms with van der Waals surface area (Å²) in [5.74, 6) is 0.833. The Morgan fingerprint density at radius 3 is 2.89 bits per heavy atom. The molecule has 2 heterocycles. The van der Waals surface area contributed by atoms with Crippen LogP contribution >= 0.6 is 11.3 Å². The fraction of sp³-hybridized carbons (Fsp3) is 0.462. The maximum atomic E-state index is 11.7. The van der Waals surface area contributed by atoms with Crippen molar-refractivity contribution < 1.29 is 4.79 Å². The fourth-order valence-corrected chi connectivity index (χ4v) is 2.50. The standard InChI is InChI=1S/C13H18N4OS/c1-13(2,3)17-10(18)4-6-14-12-11-9(5-7-19-11)15-8-16-12/h5,7-8H,4,6H2,1-3H3,(H,17,18)(H,14,15,16). The topological polar surface area (TPSA) is 66.9 Å². The second kappa shape index (κ2) is 5.52. The first-order chi connectivity index (χ1) is 8.96. The van der Waals surface area contributed by atoms with E-state index in [1.165, 1.54) is 6.33 Å². The number of nitrogens with one attached hydrogen (secondary N) is 2. The maximum absolute atomic E-state index is 11.7. The lowest BCUT2D eigenvalue weighted by molar-refractivity contribution is -0.122. The van der Waals surface area contributed by atoms with Gasteiger partial charge in [-0.15, -0.1) is 11.3 Å². The molecule has 2 aromatic heterocycles. The number of rotatable bonds is 4. The number of anilines is 1. The van der Waals surface area contributed by atoms with Gasteiger partial charge < -0.3 is 10.6 Å². The van der Waals surface area contributed by atoms with Crippen molar-refractivity contribution in [1.29, 1.82) is 0 Å². The molecule has 0 spiro atoms. The van der Waals surface area contributed by atoms with Gasteiger partial charge in [-0.1, -0.05) is 0 Å². The molecule has 0 fully saturated rings. The summed E-state index contributed by atoms with van der Waals surface area (Å²) in [4.78, 5) is 20.1. The Kier molecular flexibility index (Phi) is 3.99. The van der Waals surface area contributed by atoms with E-state index in [4.69, 9.17) is 0 Å². The number of carbonyl (C=O) groups excluding carboxylic acids is 1. The number of nitrogens with zero attached hydrogens (tertiary/aromatic N) is 2. The number of hydrogen-bond donors (Lipinski definition) is 2. The first-order valence-electron chi connectivity index (χ1n) is 6.19. The highest BCUT2D eigenvalue weighted by Crippen LogP contribution is 2.24. The van der Waals surface area contributed by atoms with E-state index in [2.05, 4.69) is 20.6 Å². The highest BCUT2D eigenvalue weighted by Gasteiger charge is 2.13. The van der Waals surface area contributed by atoms with Crippen LogP contribution in [0.15, 0.2) is 17.8 Å². The molecule has 6 heteroatoms. The van der Waals surface area contributed by atoms with Crippen LogP contribution in [0.1, 0.15) is 27.2 Å². The van der Waals surface area contributed by atoms with Gasteiger partial charge in [-0.2, -0.15) is 0 Å². The third-order valence-electron chi connectivity index (χ3n) is 2.40. The molecule has 0 aliphatic rings. The zero-order chi connectivity index (χ0) is 13.9. The van der Waals surface area contributed by atoms with Crippen molar-refractivity contribution in [3.63, 3.8) is 0 Å². The van der Waals surface area contributed by atoms with E-state index < -0.39 is 0 Å². The van der Waals surface area contributed by atoms with Crippen LogP contribution in [0.5, 0.6) is 0 Å². The molecule has 2 N–H and O–H groups in total. The summed E-state index contributed by atoms with van der Waals surface area (Å²) in [5.41, 5.74) is 0.745. The minimum absolute atomic E-state index is 0.0384. The fourth-order valence-electron chi connectivity index (χ4n) is 1.69. The van der Waals surface area contributed by atoms with E-state index in [1.54, 1.807) is 11.3 Å². The van der Waals surface area contributed by atoms with E-state index in [-0.39, 0.29) is 11.4 Å². The molecular weight excluding hydrogens is 260 g/mol. The van der Waals surface area contributed by atoms with Crippen molar-refractivity contribution in [2.24, 2.45) is 0 Å². The highest BCUT2D eigenvalue weighted by atomic mass is 32.1. The minimum Gasteiger partial charge on any atom is -0.368 e. The van der Waals surface area contributed by atoms with Crippen molar-refractivity contribution in [2.75, 3.05) is 11.9 Å². The molecule has 0 aliphatic heterocycles. The quantitative estimate of drug-likeness (QED) is 0.901. The molecule has 0 unspecified atom stereocenters. The molecule has 19 heavy (non-hydrogen) atoms. The molecule has 2 rings (SSSR count). The van der Waals surface area contributed by atoms with Crippen LogP contribution in [-0.2, 0) is 4.79 Å². The van der Waals surface area contributed by atoms with Crippen LogP contribution in [0.2, 0.25) is 0 Å². The van der Waals surface area contributed by atoms with Gasteiger partial charge in [-0.3, -0.25) is 4.79 Å². The van der Waals surface area contributed by atoms with Gasteiger partial charge in [-0.05, 0) is 32.2 Å². The SMILES string of the molecule is CC(C)(C)NC(=O)CCNc1ncnc2ccsc12. The largest absolute Gasteiger partial charge is 0.368 e. The second-order valence-corrected chi connectivity index (χ2v) is 6.25. The summed E-state index contributed by atoms with van der Waals surface area (Å²) >= 11 is 1.59. The van der Waals surface area contributed by atoms with Gasteiger partial charge in [0.1, 0.15) is 12.1 Å². The number of fused-ring (bicyclic) bond motifs is 1. The minimum atomic E-state index is -0.187. The summed E-state index contributed by atoms with van der Waals surface area (Å²) in [6.07, 6.45) is 1.96. The van der Waals surface area contributed by atoms with Crippen LogP contribution in [-0.4, -0.2) is 28.0 Å². The molecular formula is C13H18N4OS. The number of hydrogen-bond acceptors (Lipinski definition) is 5. The molecule has 0 aromatic carbocycles. The summed E-state index contributed by atoms with van der Waals surface area (Å²) in [6, 6.07) is 1.96. The second-order valence-electron chi connectivity index (χ2n) is 5.33. The summed E-state index contributed by atoms with van der Waals surface area (Å²) in [5, 5.41) is 8.10. The van der Waals surface area contributed by atoms with Crippen molar-refractivity contribution in [3.05, 3.63) is 17.8 Å². The van der Waals surface area contributed by atoms with Gasteiger partial charge >= 0.3 is 0 Å². The van der Waals surface area contributed by atoms with Crippen LogP contribution in [0, 0.1) is 0 Å². The predicted molar refractivity (Wildman–Crippen MR) is 78.4 cm³/mol. The van der Waals surface area contributed by atoms with Gasteiger partial charge in [0.25, 0.3) is 0 Å². The predicted octanol–water partition coefficient (Wildman–Crippen LogP) is 2.41. The summed E-state index contributed by atoms with van der Waals surface area (Å²) < 4.78 is 1.03. The first-order valence-corrected chi connectivity index (χ1v) is 7.07. The highest BCUT2D eigenvalue weighted by molar-refractivity contribution is 7.17. The molecule has 0 bridgehead atoms. The van der Waals surface area contributed by atoms with Crippen molar-refractivity contribution in [3.8, 4) is 0 Å². The van der Waals surface area contributed by atoms with Gasteiger partial charge in [0.05, 0.1) is 10.2 Å². The molecule has 5 nitrogen and oxygen atoms in total. The van der Waals surface area contributed by atoms with Gasteiger partial charge in [0, 0.05) is 18.5 Å². The van der Waals surface area contributed by atoms with Crippen LogP contribution in [0.4, 0.5) is 5.82 Å². The Hall–Kier alpha value is -1.69. The third kappa shape index (κ3) is 3.89. The van der Waals surface area contributed by atoms with Gasteiger partial charge in [0.2, 0.25) is 5.91 Å². The van der Waals surface area contributed by atoms with Crippen molar-refractivity contribution in [1.82, 2.24) is 15.3 Å². The number of aromatic nitrogens is 2. The Balaban J connectivity index is 1.89. The average Bonchev–Trinajstić information content (AvgIpc) is 2.75. The number of carbonyl (C=O) groups is 1. The smallest absolute Gasteiger partial charge is 0.222 e. The third-order valence-corrected chi connectivity index (χ3v) is 3.31. The van der Waals surface area contributed by atoms with Crippen LogP contribution in [0.25, 0.3) is 10.2 Å². The lowest BCUT2D eigenvalue weighted by Gasteiger charge is -2.20. The Bertz CT molecular complexity index is 573. The molecule has 1 amide bonds. The zero-order valence-electron chi connectivity index (χ0n) is 11.4. The molecule has 102 valence electrons. The molecule has 0 saturated carbocycles. The van der Waals surface area contributed by atoms with E-state index in [0.717, 1.165) is 16.0 Å². The zero-order valence-corrected chi connectivity index (χ0v) is 12.2. The normalized spacial score (nSPS) is 11.5. The molecule has 0 saturated heterocycles. The lowest BCUT2D eigenvalue weighted by Crippen LogP contribution is -2.41. The Morgan fingerprint density at radius 2 is 2.16 bits per heavy atom. The van der Waals surface area contributed by atoms with E-state index >= 15 is 0 Å². The monoisotopic (exact) mass is 278 g/mol.